The van der Waals surface area contributed by atoms with Crippen LogP contribution in [-0.2, 0) is 19.2 Å². The molecule has 0 unspecified atom stereocenters. The second kappa shape index (κ2) is 10.6. The number of amides is 4. The molecule has 190 valence electrons. The van der Waals surface area contributed by atoms with E-state index in [1.165, 1.54) is 6.07 Å². The van der Waals surface area contributed by atoms with E-state index in [0.717, 1.165) is 25.0 Å². The molecule has 0 aromatic heterocycles. The van der Waals surface area contributed by atoms with Crippen LogP contribution < -0.4 is 21.3 Å². The lowest BCUT2D eigenvalue weighted by Gasteiger charge is -2.21. The van der Waals surface area contributed by atoms with Gasteiger partial charge in [0.1, 0.15) is 6.42 Å². The number of carbonyl (C=O) groups excluding carboxylic acids is 5. The van der Waals surface area contributed by atoms with Gasteiger partial charge >= 0.3 is 6.18 Å². The standard InChI is InChI=1S/C22H24ClF3N4O5/c1-10-6-11(19(33)27-10)7-16(18(32)21(35)28-13-3-4-13)30-20(34)14-8-12(23)2-5-15(14)29-17(31)9-22(24,25)26/h2,5,8,10-11,13,16H,3-4,6-7,9H2,1H3,(H,27,33)(H,28,35)(H,29,31)(H,30,34)/t10-,11+,16+/m1/s1. The maximum absolute atomic E-state index is 13.0. The first-order valence-corrected chi connectivity index (χ1v) is 11.3. The molecule has 0 spiro atoms. The van der Waals surface area contributed by atoms with Crippen molar-refractivity contribution in [3.8, 4) is 0 Å². The smallest absolute Gasteiger partial charge is 0.353 e. The van der Waals surface area contributed by atoms with Gasteiger partial charge in [-0.2, -0.15) is 13.2 Å². The fraction of sp³-hybridized carbons (Fsp3) is 0.500. The van der Waals surface area contributed by atoms with Crippen molar-refractivity contribution in [2.45, 2.75) is 63.3 Å². The Hall–Kier alpha value is -3.15. The normalized spacial score (nSPS) is 20.5. The summed E-state index contributed by atoms with van der Waals surface area (Å²) in [5, 5.41) is 9.69. The monoisotopic (exact) mass is 516 g/mol. The molecule has 1 heterocycles. The predicted octanol–water partition coefficient (Wildman–Crippen LogP) is 2.09. The molecular formula is C22H24ClF3N4O5. The van der Waals surface area contributed by atoms with Gasteiger partial charge in [-0.3, -0.25) is 24.0 Å². The van der Waals surface area contributed by atoms with E-state index in [9.17, 15) is 37.1 Å². The van der Waals surface area contributed by atoms with Gasteiger partial charge in [0, 0.05) is 23.0 Å². The summed E-state index contributed by atoms with van der Waals surface area (Å²) < 4.78 is 37.6. The molecule has 2 aliphatic rings. The molecule has 0 bridgehead atoms. The number of nitrogens with one attached hydrogen (secondary N) is 4. The zero-order valence-corrected chi connectivity index (χ0v) is 19.4. The first kappa shape index (κ1) is 26.5. The van der Waals surface area contributed by atoms with Crippen LogP contribution in [0.25, 0.3) is 0 Å². The Labute approximate surface area is 203 Å². The van der Waals surface area contributed by atoms with E-state index in [-0.39, 0.29) is 40.7 Å². The molecule has 9 nitrogen and oxygen atoms in total. The number of hydrogen-bond acceptors (Lipinski definition) is 5. The van der Waals surface area contributed by atoms with Crippen molar-refractivity contribution < 1.29 is 37.1 Å². The first-order chi connectivity index (χ1) is 16.3. The minimum absolute atomic E-state index is 0.0438. The molecule has 3 atom stereocenters. The molecule has 4 amide bonds. The molecule has 35 heavy (non-hydrogen) atoms. The number of anilines is 1. The van der Waals surface area contributed by atoms with E-state index < -0.39 is 48.1 Å². The van der Waals surface area contributed by atoms with Crippen LogP contribution >= 0.6 is 11.6 Å². The van der Waals surface area contributed by atoms with Crippen LogP contribution in [0.3, 0.4) is 0 Å². The molecule has 4 N–H and O–H groups in total. The highest BCUT2D eigenvalue weighted by atomic mass is 35.5. The second-order valence-electron chi connectivity index (χ2n) is 8.75. The Morgan fingerprint density at radius 2 is 1.89 bits per heavy atom. The molecule has 1 saturated heterocycles. The van der Waals surface area contributed by atoms with Crippen LogP contribution in [0.5, 0.6) is 0 Å². The van der Waals surface area contributed by atoms with Gasteiger partial charge in [-0.25, -0.2) is 0 Å². The van der Waals surface area contributed by atoms with Gasteiger partial charge < -0.3 is 21.3 Å². The zero-order valence-electron chi connectivity index (χ0n) is 18.6. The van der Waals surface area contributed by atoms with Crippen molar-refractivity contribution in [3.63, 3.8) is 0 Å². The van der Waals surface area contributed by atoms with Crippen LogP contribution in [0.1, 0.15) is 49.4 Å². The summed E-state index contributed by atoms with van der Waals surface area (Å²) in [6, 6.07) is 1.85. The molecule has 1 saturated carbocycles. The van der Waals surface area contributed by atoms with Gasteiger partial charge in [0.25, 0.3) is 11.8 Å². The van der Waals surface area contributed by atoms with E-state index in [1.54, 1.807) is 6.92 Å². The molecule has 1 aliphatic carbocycles. The van der Waals surface area contributed by atoms with Gasteiger partial charge in [0.05, 0.1) is 17.3 Å². The summed E-state index contributed by atoms with van der Waals surface area (Å²) in [6.45, 7) is 1.77. The van der Waals surface area contributed by atoms with Gasteiger partial charge in [0.2, 0.25) is 17.6 Å². The highest BCUT2D eigenvalue weighted by Crippen LogP contribution is 2.26. The summed E-state index contributed by atoms with van der Waals surface area (Å²) in [7, 11) is 0. The third kappa shape index (κ3) is 7.67. The molecule has 2 fully saturated rings. The second-order valence-corrected chi connectivity index (χ2v) is 9.18. The number of carbonyl (C=O) groups is 5. The molecular weight excluding hydrogens is 493 g/mol. The zero-order chi connectivity index (χ0) is 25.9. The number of rotatable bonds is 9. The lowest BCUT2D eigenvalue weighted by molar-refractivity contribution is -0.150. The lowest BCUT2D eigenvalue weighted by Crippen LogP contribution is -2.49. The minimum atomic E-state index is -4.76. The van der Waals surface area contributed by atoms with Crippen molar-refractivity contribution in [1.29, 1.82) is 0 Å². The fourth-order valence-electron chi connectivity index (χ4n) is 3.74. The van der Waals surface area contributed by atoms with Crippen molar-refractivity contribution in [3.05, 3.63) is 28.8 Å². The van der Waals surface area contributed by atoms with Crippen LogP contribution in [0.2, 0.25) is 5.02 Å². The van der Waals surface area contributed by atoms with E-state index in [0.29, 0.717) is 6.42 Å². The van der Waals surface area contributed by atoms with Crippen molar-refractivity contribution in [2.24, 2.45) is 5.92 Å². The van der Waals surface area contributed by atoms with Crippen LogP contribution in [0, 0.1) is 5.92 Å². The molecule has 0 radical (unpaired) electrons. The molecule has 3 rings (SSSR count). The van der Waals surface area contributed by atoms with Crippen molar-refractivity contribution in [1.82, 2.24) is 16.0 Å². The third-order valence-corrected chi connectivity index (χ3v) is 5.77. The highest BCUT2D eigenvalue weighted by molar-refractivity contribution is 6.38. The number of hydrogen-bond donors (Lipinski definition) is 4. The van der Waals surface area contributed by atoms with Crippen LogP contribution in [0.15, 0.2) is 18.2 Å². The lowest BCUT2D eigenvalue weighted by atomic mass is 9.93. The number of benzene rings is 1. The summed E-state index contributed by atoms with van der Waals surface area (Å²) in [4.78, 5) is 62.2. The van der Waals surface area contributed by atoms with Crippen LogP contribution in [-0.4, -0.2) is 53.7 Å². The Kier molecular flexibility index (Phi) is 8.04. The maximum atomic E-state index is 13.0. The van der Waals surface area contributed by atoms with Crippen molar-refractivity contribution >= 4 is 46.7 Å². The number of halogens is 4. The van der Waals surface area contributed by atoms with E-state index in [2.05, 4.69) is 16.0 Å². The van der Waals surface area contributed by atoms with Gasteiger partial charge in [-0.05, 0) is 50.8 Å². The third-order valence-electron chi connectivity index (χ3n) is 5.54. The number of alkyl halides is 3. The van der Waals surface area contributed by atoms with E-state index in [1.807, 2.05) is 5.32 Å². The molecule has 13 heteroatoms. The quantitative estimate of drug-likeness (QED) is 0.373. The van der Waals surface area contributed by atoms with Gasteiger partial charge in [-0.1, -0.05) is 11.6 Å². The number of ketones is 1. The predicted molar refractivity (Wildman–Crippen MR) is 119 cm³/mol. The Morgan fingerprint density at radius 3 is 2.46 bits per heavy atom. The summed E-state index contributed by atoms with van der Waals surface area (Å²) >= 11 is 5.93. The summed E-state index contributed by atoms with van der Waals surface area (Å²) in [6.07, 6.45) is -4.85. The largest absolute Gasteiger partial charge is 0.397 e. The van der Waals surface area contributed by atoms with Crippen molar-refractivity contribution in [2.75, 3.05) is 5.32 Å². The SMILES string of the molecule is C[C@@H]1C[C@@H](C[C@H](NC(=O)c2cc(Cl)ccc2NC(=O)CC(F)(F)F)C(=O)C(=O)NC2CC2)C(=O)N1. The molecule has 1 aromatic rings. The topological polar surface area (TPSA) is 133 Å². The number of Topliss-reactive ketones (excluding diaryl/α,β-unsaturated/α-hetero) is 1. The van der Waals surface area contributed by atoms with E-state index >= 15 is 0 Å². The molecule has 1 aliphatic heterocycles. The fourth-order valence-corrected chi connectivity index (χ4v) is 3.91. The maximum Gasteiger partial charge on any atom is 0.397 e. The van der Waals surface area contributed by atoms with E-state index in [4.69, 9.17) is 11.6 Å². The molecule has 1 aromatic carbocycles. The van der Waals surface area contributed by atoms with Gasteiger partial charge in [0.15, 0.2) is 0 Å². The average Bonchev–Trinajstić information content (AvgIpc) is 3.49. The highest BCUT2D eigenvalue weighted by Gasteiger charge is 2.38. The van der Waals surface area contributed by atoms with Gasteiger partial charge in [-0.15, -0.1) is 0 Å². The Bertz CT molecular complexity index is 1040. The average molecular weight is 517 g/mol. The summed E-state index contributed by atoms with van der Waals surface area (Å²) in [5.41, 5.74) is -0.570. The Balaban J connectivity index is 1.81. The minimum Gasteiger partial charge on any atom is -0.353 e. The van der Waals surface area contributed by atoms with Crippen LogP contribution in [0.4, 0.5) is 18.9 Å². The summed E-state index contributed by atoms with van der Waals surface area (Å²) in [5.74, 6) is -5.19. The first-order valence-electron chi connectivity index (χ1n) is 10.9. The Morgan fingerprint density at radius 1 is 1.20 bits per heavy atom.